The molecule has 0 aliphatic rings. The molecule has 0 spiro atoms. The largest absolute Gasteiger partial charge is 0.395 e. The van der Waals surface area contributed by atoms with E-state index in [2.05, 4.69) is 5.32 Å². The van der Waals surface area contributed by atoms with Gasteiger partial charge in [0.25, 0.3) is 0 Å². The highest BCUT2D eigenvalue weighted by Gasteiger charge is 2.09. The van der Waals surface area contributed by atoms with Crippen molar-refractivity contribution in [3.05, 3.63) is 30.3 Å². The summed E-state index contributed by atoms with van der Waals surface area (Å²) >= 11 is 0. The summed E-state index contributed by atoms with van der Waals surface area (Å²) in [7, 11) is 0. The quantitative estimate of drug-likeness (QED) is 0.621. The van der Waals surface area contributed by atoms with Gasteiger partial charge in [-0.1, -0.05) is 18.2 Å². The SMILES string of the molecule is O=C(CN(CCO)CCO)Nc1ccccc1. The van der Waals surface area contributed by atoms with E-state index < -0.39 is 0 Å². The van der Waals surface area contributed by atoms with Crippen LogP contribution in [0.4, 0.5) is 5.69 Å². The Morgan fingerprint density at radius 3 is 2.24 bits per heavy atom. The topological polar surface area (TPSA) is 72.8 Å². The zero-order valence-corrected chi connectivity index (χ0v) is 9.67. The van der Waals surface area contributed by atoms with Crippen molar-refractivity contribution in [3.8, 4) is 0 Å². The van der Waals surface area contributed by atoms with Crippen LogP contribution in [0, 0.1) is 0 Å². The van der Waals surface area contributed by atoms with Crippen LogP contribution >= 0.6 is 0 Å². The number of nitrogens with zero attached hydrogens (tertiary/aromatic N) is 1. The second-order valence-corrected chi connectivity index (χ2v) is 3.64. The van der Waals surface area contributed by atoms with E-state index in [1.807, 2.05) is 18.2 Å². The number of aliphatic hydroxyl groups is 2. The third kappa shape index (κ3) is 5.44. The van der Waals surface area contributed by atoms with Crippen molar-refractivity contribution < 1.29 is 15.0 Å². The van der Waals surface area contributed by atoms with Crippen LogP contribution in [0.5, 0.6) is 0 Å². The van der Waals surface area contributed by atoms with E-state index in [1.165, 1.54) is 0 Å². The Bertz CT molecular complexity index is 324. The third-order valence-electron chi connectivity index (χ3n) is 2.26. The number of benzene rings is 1. The number of anilines is 1. The minimum Gasteiger partial charge on any atom is -0.395 e. The first-order valence-electron chi connectivity index (χ1n) is 5.55. The molecule has 1 aromatic carbocycles. The van der Waals surface area contributed by atoms with Gasteiger partial charge in [0.15, 0.2) is 0 Å². The Hall–Kier alpha value is -1.43. The molecule has 0 saturated carbocycles. The Kier molecular flexibility index (Phi) is 6.24. The zero-order valence-electron chi connectivity index (χ0n) is 9.67. The first kappa shape index (κ1) is 13.6. The first-order chi connectivity index (χ1) is 8.26. The summed E-state index contributed by atoms with van der Waals surface area (Å²) in [6.45, 7) is 0.860. The highest BCUT2D eigenvalue weighted by molar-refractivity contribution is 5.92. The minimum atomic E-state index is -0.155. The van der Waals surface area contributed by atoms with Crippen molar-refractivity contribution in [2.24, 2.45) is 0 Å². The molecule has 0 heterocycles. The molecule has 0 aliphatic carbocycles. The molecular weight excluding hydrogens is 220 g/mol. The van der Waals surface area contributed by atoms with Gasteiger partial charge in [-0.25, -0.2) is 0 Å². The summed E-state index contributed by atoms with van der Waals surface area (Å²) in [5.41, 5.74) is 0.741. The van der Waals surface area contributed by atoms with Gasteiger partial charge in [-0.05, 0) is 12.1 Å². The maximum absolute atomic E-state index is 11.7. The van der Waals surface area contributed by atoms with Gasteiger partial charge in [0.05, 0.1) is 19.8 Å². The lowest BCUT2D eigenvalue weighted by molar-refractivity contribution is -0.117. The minimum absolute atomic E-state index is 0.0291. The first-order valence-corrected chi connectivity index (χ1v) is 5.55. The highest BCUT2D eigenvalue weighted by Crippen LogP contribution is 2.04. The van der Waals surface area contributed by atoms with Crippen LogP contribution in [0.3, 0.4) is 0 Å². The van der Waals surface area contributed by atoms with Crippen LogP contribution < -0.4 is 5.32 Å². The molecule has 1 amide bonds. The monoisotopic (exact) mass is 238 g/mol. The third-order valence-corrected chi connectivity index (χ3v) is 2.26. The van der Waals surface area contributed by atoms with Crippen molar-refractivity contribution >= 4 is 11.6 Å². The smallest absolute Gasteiger partial charge is 0.238 e. The summed E-state index contributed by atoms with van der Waals surface area (Å²) in [4.78, 5) is 13.3. The van der Waals surface area contributed by atoms with Crippen LogP contribution in [-0.2, 0) is 4.79 Å². The van der Waals surface area contributed by atoms with E-state index in [0.717, 1.165) is 5.69 Å². The number of aliphatic hydroxyl groups excluding tert-OH is 2. The summed E-state index contributed by atoms with van der Waals surface area (Å²) < 4.78 is 0. The number of hydrogen-bond donors (Lipinski definition) is 3. The average Bonchev–Trinajstić information content (AvgIpc) is 2.30. The number of carbonyl (C=O) groups excluding carboxylic acids is 1. The Morgan fingerprint density at radius 2 is 1.71 bits per heavy atom. The van der Waals surface area contributed by atoms with Crippen LogP contribution in [0.15, 0.2) is 30.3 Å². The van der Waals surface area contributed by atoms with Gasteiger partial charge in [-0.3, -0.25) is 9.69 Å². The van der Waals surface area contributed by atoms with Gasteiger partial charge in [0.2, 0.25) is 5.91 Å². The number of carbonyl (C=O) groups is 1. The van der Waals surface area contributed by atoms with Crippen LogP contribution in [-0.4, -0.2) is 53.9 Å². The standard InChI is InChI=1S/C12H18N2O3/c15-8-6-14(7-9-16)10-12(17)13-11-4-2-1-3-5-11/h1-5,15-16H,6-10H2,(H,13,17). The summed E-state index contributed by atoms with van der Waals surface area (Å²) in [5.74, 6) is -0.155. The van der Waals surface area contributed by atoms with Crippen molar-refractivity contribution in [3.63, 3.8) is 0 Å². The predicted octanol–water partition coefficient (Wildman–Crippen LogP) is -0.0883. The molecule has 0 fully saturated rings. The molecule has 0 atom stereocenters. The number of hydrogen-bond acceptors (Lipinski definition) is 4. The number of amides is 1. The van der Waals surface area contributed by atoms with E-state index in [9.17, 15) is 4.79 Å². The number of nitrogens with one attached hydrogen (secondary N) is 1. The maximum atomic E-state index is 11.7. The lowest BCUT2D eigenvalue weighted by Crippen LogP contribution is -2.37. The molecule has 0 unspecified atom stereocenters. The lowest BCUT2D eigenvalue weighted by atomic mass is 10.3. The van der Waals surface area contributed by atoms with Gasteiger partial charge in [-0.2, -0.15) is 0 Å². The van der Waals surface area contributed by atoms with E-state index in [-0.39, 0.29) is 25.7 Å². The Labute approximate surface area is 101 Å². The molecule has 0 bridgehead atoms. The van der Waals surface area contributed by atoms with E-state index in [1.54, 1.807) is 17.0 Å². The van der Waals surface area contributed by atoms with Gasteiger partial charge < -0.3 is 15.5 Å². The molecule has 94 valence electrons. The molecule has 1 aromatic rings. The summed E-state index contributed by atoms with van der Waals surface area (Å²) in [5, 5.41) is 20.4. The summed E-state index contributed by atoms with van der Waals surface area (Å²) in [6.07, 6.45) is 0. The van der Waals surface area contributed by atoms with Crippen molar-refractivity contribution in [1.82, 2.24) is 4.90 Å². The van der Waals surface area contributed by atoms with Crippen molar-refractivity contribution in [1.29, 1.82) is 0 Å². The number of para-hydroxylation sites is 1. The van der Waals surface area contributed by atoms with Gasteiger partial charge in [0, 0.05) is 18.8 Å². The molecule has 17 heavy (non-hydrogen) atoms. The normalized spacial score (nSPS) is 10.5. The van der Waals surface area contributed by atoms with Crippen LogP contribution in [0.1, 0.15) is 0 Å². The zero-order chi connectivity index (χ0) is 12.5. The predicted molar refractivity (Wildman–Crippen MR) is 65.7 cm³/mol. The van der Waals surface area contributed by atoms with E-state index in [4.69, 9.17) is 10.2 Å². The van der Waals surface area contributed by atoms with Crippen LogP contribution in [0.25, 0.3) is 0 Å². The summed E-state index contributed by atoms with van der Waals surface area (Å²) in [6, 6.07) is 9.17. The maximum Gasteiger partial charge on any atom is 0.238 e. The Balaban J connectivity index is 2.42. The fourth-order valence-electron chi connectivity index (χ4n) is 1.48. The molecule has 0 aliphatic heterocycles. The average molecular weight is 238 g/mol. The molecule has 3 N–H and O–H groups in total. The highest BCUT2D eigenvalue weighted by atomic mass is 16.3. The van der Waals surface area contributed by atoms with Gasteiger partial charge in [-0.15, -0.1) is 0 Å². The number of rotatable bonds is 7. The molecule has 0 radical (unpaired) electrons. The van der Waals surface area contributed by atoms with Gasteiger partial charge >= 0.3 is 0 Å². The van der Waals surface area contributed by atoms with E-state index in [0.29, 0.717) is 13.1 Å². The van der Waals surface area contributed by atoms with Crippen molar-refractivity contribution in [2.45, 2.75) is 0 Å². The molecule has 1 rings (SSSR count). The second-order valence-electron chi connectivity index (χ2n) is 3.64. The van der Waals surface area contributed by atoms with Crippen LogP contribution in [0.2, 0.25) is 0 Å². The molecule has 0 aromatic heterocycles. The second kappa shape index (κ2) is 7.78. The van der Waals surface area contributed by atoms with E-state index >= 15 is 0 Å². The van der Waals surface area contributed by atoms with Gasteiger partial charge in [0.1, 0.15) is 0 Å². The lowest BCUT2D eigenvalue weighted by Gasteiger charge is -2.19. The molecule has 0 saturated heterocycles. The molecule has 5 nitrogen and oxygen atoms in total. The van der Waals surface area contributed by atoms with Crippen molar-refractivity contribution in [2.75, 3.05) is 38.2 Å². The molecule has 5 heteroatoms. The molecular formula is C12H18N2O3. The Morgan fingerprint density at radius 1 is 1.12 bits per heavy atom. The fourth-order valence-corrected chi connectivity index (χ4v) is 1.48. The fraction of sp³-hybridized carbons (Fsp3) is 0.417.